The van der Waals surface area contributed by atoms with Gasteiger partial charge in [0.1, 0.15) is 23.8 Å². The molecule has 8 heteroatoms. The van der Waals surface area contributed by atoms with Crippen LogP contribution in [-0.2, 0) is 0 Å². The summed E-state index contributed by atoms with van der Waals surface area (Å²) in [5, 5.41) is 4.40. The molecule has 2 aliphatic rings. The third kappa shape index (κ3) is 2.87. The zero-order valence-corrected chi connectivity index (χ0v) is 16.8. The number of aryl methyl sites for hydroxylation is 2. The number of hydrogen-bond donors (Lipinski definition) is 0. The number of hydrogen-bond acceptors (Lipinski definition) is 7. The summed E-state index contributed by atoms with van der Waals surface area (Å²) in [4.78, 5) is 23.0. The molecular weight excluding hydrogens is 352 g/mol. The van der Waals surface area contributed by atoms with Crippen molar-refractivity contribution in [3.63, 3.8) is 0 Å². The van der Waals surface area contributed by atoms with Gasteiger partial charge in [-0.15, -0.1) is 0 Å². The maximum absolute atomic E-state index is 4.73. The van der Waals surface area contributed by atoms with Crippen LogP contribution in [0.2, 0.25) is 0 Å². The summed E-state index contributed by atoms with van der Waals surface area (Å²) < 4.78 is 1.86. The van der Waals surface area contributed by atoms with E-state index in [2.05, 4.69) is 42.8 Å². The summed E-state index contributed by atoms with van der Waals surface area (Å²) in [5.74, 6) is 4.35. The first-order valence-electron chi connectivity index (χ1n) is 10.1. The second-order valence-corrected chi connectivity index (χ2v) is 7.92. The van der Waals surface area contributed by atoms with Crippen molar-refractivity contribution in [2.75, 3.05) is 36.0 Å². The van der Waals surface area contributed by atoms with E-state index in [-0.39, 0.29) is 0 Å². The van der Waals surface area contributed by atoms with Crippen LogP contribution in [0.1, 0.15) is 48.0 Å². The van der Waals surface area contributed by atoms with E-state index in [9.17, 15) is 0 Å². The molecule has 146 valence electrons. The number of anilines is 2. The van der Waals surface area contributed by atoms with Crippen molar-refractivity contribution in [1.29, 1.82) is 0 Å². The first kappa shape index (κ1) is 17.3. The lowest BCUT2D eigenvalue weighted by Crippen LogP contribution is -2.48. The molecule has 0 bridgehead atoms. The van der Waals surface area contributed by atoms with Crippen molar-refractivity contribution < 1.29 is 0 Å². The number of aromatic nitrogens is 6. The van der Waals surface area contributed by atoms with E-state index in [1.807, 2.05) is 18.4 Å². The van der Waals surface area contributed by atoms with Crippen molar-refractivity contribution in [3.8, 4) is 0 Å². The van der Waals surface area contributed by atoms with Gasteiger partial charge in [0.25, 0.3) is 5.78 Å². The van der Waals surface area contributed by atoms with Crippen LogP contribution in [-0.4, -0.2) is 55.7 Å². The number of fused-ring (bicyclic) bond motifs is 1. The summed E-state index contributed by atoms with van der Waals surface area (Å²) in [6.45, 7) is 9.85. The molecule has 4 heterocycles. The highest BCUT2D eigenvalue weighted by Crippen LogP contribution is 2.36. The van der Waals surface area contributed by atoms with Crippen molar-refractivity contribution in [1.82, 2.24) is 29.5 Å². The largest absolute Gasteiger partial charge is 0.353 e. The average Bonchev–Trinajstić information content (AvgIpc) is 3.09. The molecule has 1 aliphatic heterocycles. The van der Waals surface area contributed by atoms with Crippen LogP contribution in [0.25, 0.3) is 5.78 Å². The molecule has 28 heavy (non-hydrogen) atoms. The van der Waals surface area contributed by atoms with Crippen molar-refractivity contribution in [2.24, 2.45) is 0 Å². The predicted octanol–water partition coefficient (Wildman–Crippen LogP) is 2.43. The Kier molecular flexibility index (Phi) is 4.14. The van der Waals surface area contributed by atoms with Gasteiger partial charge in [-0.1, -0.05) is 6.42 Å². The molecule has 1 saturated heterocycles. The minimum atomic E-state index is 0.629. The highest BCUT2D eigenvalue weighted by Gasteiger charge is 2.26. The quantitative estimate of drug-likeness (QED) is 0.693. The van der Waals surface area contributed by atoms with Gasteiger partial charge in [0.15, 0.2) is 0 Å². The molecule has 0 radical (unpaired) electrons. The summed E-state index contributed by atoms with van der Waals surface area (Å²) in [6.07, 6.45) is 5.42. The smallest absolute Gasteiger partial charge is 0.254 e. The predicted molar refractivity (Wildman–Crippen MR) is 108 cm³/mol. The van der Waals surface area contributed by atoms with Crippen molar-refractivity contribution in [3.05, 3.63) is 35.2 Å². The second-order valence-electron chi connectivity index (χ2n) is 7.92. The van der Waals surface area contributed by atoms with E-state index in [1.54, 1.807) is 6.33 Å². The first-order valence-corrected chi connectivity index (χ1v) is 10.1. The van der Waals surface area contributed by atoms with Gasteiger partial charge in [0, 0.05) is 55.1 Å². The van der Waals surface area contributed by atoms with E-state index >= 15 is 0 Å². The van der Waals surface area contributed by atoms with E-state index in [4.69, 9.17) is 4.98 Å². The SMILES string of the molecule is Cc1nc(C2CCC2)cc(N2CCN(c3c(C)c(C)nc4ncnn34)CC2)n1. The lowest BCUT2D eigenvalue weighted by atomic mass is 9.83. The number of rotatable bonds is 3. The zero-order chi connectivity index (χ0) is 19.3. The van der Waals surface area contributed by atoms with Gasteiger partial charge in [-0.3, -0.25) is 0 Å². The average molecular weight is 378 g/mol. The summed E-state index contributed by atoms with van der Waals surface area (Å²) in [7, 11) is 0. The molecule has 1 aliphatic carbocycles. The van der Waals surface area contributed by atoms with E-state index in [0.717, 1.165) is 54.9 Å². The minimum absolute atomic E-state index is 0.629. The highest BCUT2D eigenvalue weighted by molar-refractivity contribution is 5.55. The maximum Gasteiger partial charge on any atom is 0.254 e. The summed E-state index contributed by atoms with van der Waals surface area (Å²) in [5.41, 5.74) is 3.40. The van der Waals surface area contributed by atoms with Gasteiger partial charge in [-0.2, -0.15) is 14.6 Å². The van der Waals surface area contributed by atoms with Crippen LogP contribution in [0.5, 0.6) is 0 Å². The third-order valence-corrected chi connectivity index (χ3v) is 6.15. The fourth-order valence-corrected chi connectivity index (χ4v) is 4.18. The molecule has 3 aromatic heterocycles. The molecular formula is C20H26N8. The second kappa shape index (κ2) is 6.68. The van der Waals surface area contributed by atoms with Crippen LogP contribution in [0.15, 0.2) is 12.4 Å². The van der Waals surface area contributed by atoms with E-state index < -0.39 is 0 Å². The molecule has 0 unspecified atom stereocenters. The summed E-state index contributed by atoms with van der Waals surface area (Å²) in [6, 6.07) is 2.21. The molecule has 3 aromatic rings. The molecule has 1 saturated carbocycles. The Morgan fingerprint density at radius 3 is 2.39 bits per heavy atom. The molecule has 0 spiro atoms. The molecule has 2 fully saturated rings. The van der Waals surface area contributed by atoms with Crippen LogP contribution in [0, 0.1) is 20.8 Å². The standard InChI is InChI=1S/C20H26N8/c1-13-14(2)23-20-21-12-22-28(20)19(13)27-9-7-26(8-10-27)18-11-17(16-5-4-6-16)24-15(3)25-18/h11-12,16H,4-10H2,1-3H3. The van der Waals surface area contributed by atoms with E-state index in [0.29, 0.717) is 11.7 Å². The Morgan fingerprint density at radius 2 is 1.68 bits per heavy atom. The minimum Gasteiger partial charge on any atom is -0.353 e. The maximum atomic E-state index is 4.73. The lowest BCUT2D eigenvalue weighted by molar-refractivity contribution is 0.410. The van der Waals surface area contributed by atoms with Gasteiger partial charge < -0.3 is 9.80 Å². The summed E-state index contributed by atoms with van der Waals surface area (Å²) >= 11 is 0. The Bertz CT molecular complexity index is 1010. The zero-order valence-electron chi connectivity index (χ0n) is 16.8. The monoisotopic (exact) mass is 378 g/mol. The third-order valence-electron chi connectivity index (χ3n) is 6.15. The Balaban J connectivity index is 1.38. The van der Waals surface area contributed by atoms with Crippen LogP contribution in [0.3, 0.4) is 0 Å². The van der Waals surface area contributed by atoms with Crippen LogP contribution < -0.4 is 9.80 Å². The van der Waals surface area contributed by atoms with Gasteiger partial charge >= 0.3 is 0 Å². The van der Waals surface area contributed by atoms with Gasteiger partial charge in [0.2, 0.25) is 0 Å². The fourth-order valence-electron chi connectivity index (χ4n) is 4.18. The molecule has 0 N–H and O–H groups in total. The van der Waals surface area contributed by atoms with E-state index in [1.165, 1.54) is 25.0 Å². The Hall–Kier alpha value is -2.77. The normalized spacial score (nSPS) is 18.0. The first-order chi connectivity index (χ1) is 13.6. The fraction of sp³-hybridized carbons (Fsp3) is 0.550. The highest BCUT2D eigenvalue weighted by atomic mass is 15.4. The Morgan fingerprint density at radius 1 is 0.929 bits per heavy atom. The lowest BCUT2D eigenvalue weighted by Gasteiger charge is -2.37. The van der Waals surface area contributed by atoms with Gasteiger partial charge in [0.05, 0.1) is 0 Å². The number of nitrogens with zero attached hydrogens (tertiary/aromatic N) is 8. The topological polar surface area (TPSA) is 75.3 Å². The van der Waals surface area contributed by atoms with Gasteiger partial charge in [-0.05, 0) is 33.6 Å². The molecule has 8 nitrogen and oxygen atoms in total. The Labute approximate surface area is 164 Å². The van der Waals surface area contributed by atoms with Crippen molar-refractivity contribution in [2.45, 2.75) is 46.0 Å². The van der Waals surface area contributed by atoms with Crippen LogP contribution in [0.4, 0.5) is 11.6 Å². The van der Waals surface area contributed by atoms with Crippen LogP contribution >= 0.6 is 0 Å². The molecule has 5 rings (SSSR count). The van der Waals surface area contributed by atoms with Crippen molar-refractivity contribution >= 4 is 17.4 Å². The number of piperazine rings is 1. The molecule has 0 aromatic carbocycles. The molecule has 0 atom stereocenters. The van der Waals surface area contributed by atoms with Gasteiger partial charge in [-0.25, -0.2) is 15.0 Å². The molecule has 0 amide bonds.